The highest BCUT2D eigenvalue weighted by molar-refractivity contribution is 7.91. The van der Waals surface area contributed by atoms with Gasteiger partial charge < -0.3 is 9.39 Å². The molecule has 2 aliphatic heterocycles. The Kier molecular flexibility index (Phi) is 4.94. The van der Waals surface area contributed by atoms with Crippen LogP contribution >= 0.6 is 0 Å². The van der Waals surface area contributed by atoms with Gasteiger partial charge in [-0.15, -0.1) is 5.06 Å². The van der Waals surface area contributed by atoms with E-state index in [-0.39, 0.29) is 30.7 Å². The highest BCUT2D eigenvalue weighted by atomic mass is 32.2. The van der Waals surface area contributed by atoms with E-state index >= 15 is 0 Å². The summed E-state index contributed by atoms with van der Waals surface area (Å²) in [7, 11) is 0. The van der Waals surface area contributed by atoms with Crippen molar-refractivity contribution in [3.05, 3.63) is 0 Å². The number of hydrogen-bond acceptors (Lipinski definition) is 7. The van der Waals surface area contributed by atoms with Crippen LogP contribution in [0.25, 0.3) is 0 Å². The first kappa shape index (κ1) is 15.9. The Hall–Kier alpha value is -1.48. The van der Waals surface area contributed by atoms with Crippen LogP contribution in [0.1, 0.15) is 39.0 Å². The van der Waals surface area contributed by atoms with Gasteiger partial charge in [-0.1, -0.05) is 11.2 Å². The smallest absolute Gasteiger partial charge is 0.337 e. The molecule has 0 N–H and O–H groups in total. The number of imide groups is 1. The van der Waals surface area contributed by atoms with Crippen molar-refractivity contribution < 1.29 is 23.8 Å². The molecule has 0 saturated carbocycles. The molecular weight excluding hydrogens is 298 g/mol. The van der Waals surface area contributed by atoms with Gasteiger partial charge >= 0.3 is 5.97 Å². The van der Waals surface area contributed by atoms with E-state index in [4.69, 9.17) is 0 Å². The third-order valence-electron chi connectivity index (χ3n) is 3.20. The van der Waals surface area contributed by atoms with E-state index in [1.165, 1.54) is 0 Å². The van der Waals surface area contributed by atoms with Crippen molar-refractivity contribution in [3.63, 3.8) is 0 Å². The molecule has 0 bridgehead atoms. The average Bonchev–Trinajstić information content (AvgIpc) is 3.09. The molecule has 116 valence electrons. The number of nitrogens with zero attached hydrogens (tertiary/aromatic N) is 3. The third kappa shape index (κ3) is 4.78. The lowest BCUT2D eigenvalue weighted by Crippen LogP contribution is -2.32. The molecule has 8 nitrogen and oxygen atoms in total. The Morgan fingerprint density at radius 3 is 2.52 bits per heavy atom. The molecule has 1 unspecified atom stereocenters. The maximum Gasteiger partial charge on any atom is 0.337 e. The Morgan fingerprint density at radius 2 is 1.95 bits per heavy atom. The van der Waals surface area contributed by atoms with Crippen molar-refractivity contribution in [1.29, 1.82) is 0 Å². The van der Waals surface area contributed by atoms with Crippen LogP contribution in [0.2, 0.25) is 0 Å². The largest absolute Gasteiger partial charge is 0.616 e. The summed E-state index contributed by atoms with van der Waals surface area (Å²) < 4.78 is 11.7. The van der Waals surface area contributed by atoms with Crippen molar-refractivity contribution in [2.45, 2.75) is 44.7 Å². The van der Waals surface area contributed by atoms with Crippen molar-refractivity contribution in [2.75, 3.05) is 11.5 Å². The van der Waals surface area contributed by atoms with Crippen LogP contribution in [0.15, 0.2) is 10.2 Å². The van der Waals surface area contributed by atoms with Crippen LogP contribution in [0, 0.1) is 0 Å². The quantitative estimate of drug-likeness (QED) is 0.483. The Labute approximate surface area is 125 Å². The summed E-state index contributed by atoms with van der Waals surface area (Å²) in [6, 6.07) is 0. The van der Waals surface area contributed by atoms with Crippen molar-refractivity contribution in [2.24, 2.45) is 10.2 Å². The molecule has 2 rings (SSSR count). The lowest BCUT2D eigenvalue weighted by Gasteiger charge is -2.14. The summed E-state index contributed by atoms with van der Waals surface area (Å²) in [5.41, 5.74) is -0.292. The Morgan fingerprint density at radius 1 is 1.33 bits per heavy atom. The van der Waals surface area contributed by atoms with Gasteiger partial charge in [-0.25, -0.2) is 4.79 Å². The summed E-state index contributed by atoms with van der Waals surface area (Å²) >= 11 is -1.14. The molecule has 2 amide bonds. The number of rotatable bonds is 8. The van der Waals surface area contributed by atoms with Gasteiger partial charge in [0.15, 0.2) is 5.66 Å². The van der Waals surface area contributed by atoms with E-state index in [0.29, 0.717) is 17.2 Å². The molecule has 0 radical (unpaired) electrons. The number of amides is 2. The van der Waals surface area contributed by atoms with Gasteiger partial charge in [0.2, 0.25) is 0 Å². The van der Waals surface area contributed by atoms with Crippen LogP contribution in [-0.4, -0.2) is 44.6 Å². The SMILES string of the molecule is CC1(CCC[S+]([O-])CCC(=O)ON2C(=O)CCC2=O)N=N1. The zero-order valence-electron chi connectivity index (χ0n) is 11.7. The second-order valence-corrected chi connectivity index (χ2v) is 6.86. The van der Waals surface area contributed by atoms with E-state index < -0.39 is 29.0 Å². The molecule has 0 aromatic rings. The number of hydroxylamine groups is 2. The lowest BCUT2D eigenvalue weighted by atomic mass is 10.1. The minimum atomic E-state index is -1.14. The van der Waals surface area contributed by atoms with E-state index in [0.717, 1.165) is 6.42 Å². The monoisotopic (exact) mass is 315 g/mol. The number of carbonyl (C=O) groups is 3. The zero-order valence-corrected chi connectivity index (χ0v) is 12.6. The van der Waals surface area contributed by atoms with Crippen LogP contribution < -0.4 is 0 Å². The molecular formula is C12H17N3O5S. The van der Waals surface area contributed by atoms with Crippen LogP contribution in [0.4, 0.5) is 0 Å². The molecule has 21 heavy (non-hydrogen) atoms. The van der Waals surface area contributed by atoms with Crippen molar-refractivity contribution in [3.8, 4) is 0 Å². The molecule has 9 heteroatoms. The lowest BCUT2D eigenvalue weighted by molar-refractivity contribution is -0.197. The predicted molar refractivity (Wildman–Crippen MR) is 72.2 cm³/mol. The standard InChI is InChI=1S/C12H17N3O5S/c1-12(13-14-12)6-2-7-21(19)8-5-11(18)20-15-9(16)3-4-10(15)17/h2-8H2,1H3. The minimum absolute atomic E-state index is 0.0624. The molecule has 0 aromatic carbocycles. The highest BCUT2D eigenvalue weighted by Gasteiger charge is 2.34. The summed E-state index contributed by atoms with van der Waals surface area (Å²) in [5.74, 6) is -1.12. The normalized spacial score (nSPS) is 20.8. The third-order valence-corrected chi connectivity index (χ3v) is 4.60. The van der Waals surface area contributed by atoms with Gasteiger partial charge in [0.1, 0.15) is 11.5 Å². The molecule has 2 heterocycles. The van der Waals surface area contributed by atoms with Gasteiger partial charge in [-0.2, -0.15) is 10.2 Å². The molecule has 1 saturated heterocycles. The second-order valence-electron chi connectivity index (χ2n) is 5.16. The number of hydrogen-bond donors (Lipinski definition) is 0. The first-order valence-corrected chi connectivity index (χ1v) is 8.24. The van der Waals surface area contributed by atoms with E-state index in [1.807, 2.05) is 6.92 Å². The Bertz CT molecular complexity index is 460. The molecule has 1 fully saturated rings. The van der Waals surface area contributed by atoms with Crippen molar-refractivity contribution >= 4 is 29.0 Å². The molecule has 1 atom stereocenters. The molecule has 0 spiro atoms. The predicted octanol–water partition coefficient (Wildman–Crippen LogP) is 0.695. The molecule has 0 aliphatic carbocycles. The van der Waals surface area contributed by atoms with Crippen LogP contribution in [0.5, 0.6) is 0 Å². The Balaban J connectivity index is 1.59. The maximum absolute atomic E-state index is 11.7. The van der Waals surface area contributed by atoms with Crippen LogP contribution in [-0.2, 0) is 30.4 Å². The minimum Gasteiger partial charge on any atom is -0.616 e. The fourth-order valence-corrected chi connectivity index (χ4v) is 2.92. The number of carbonyl (C=O) groups excluding carboxylic acids is 3. The van der Waals surface area contributed by atoms with Crippen molar-refractivity contribution in [1.82, 2.24) is 5.06 Å². The van der Waals surface area contributed by atoms with Gasteiger partial charge in [0.05, 0.1) is 6.42 Å². The molecule has 0 aromatic heterocycles. The van der Waals surface area contributed by atoms with E-state index in [9.17, 15) is 18.9 Å². The second kappa shape index (κ2) is 6.52. The average molecular weight is 315 g/mol. The topological polar surface area (TPSA) is 111 Å². The zero-order chi connectivity index (χ0) is 15.5. The van der Waals surface area contributed by atoms with E-state index in [2.05, 4.69) is 15.1 Å². The first-order valence-electron chi connectivity index (χ1n) is 6.75. The van der Waals surface area contributed by atoms with Gasteiger partial charge in [0.25, 0.3) is 11.8 Å². The van der Waals surface area contributed by atoms with Gasteiger partial charge in [-0.05, 0) is 13.3 Å². The maximum atomic E-state index is 11.7. The van der Waals surface area contributed by atoms with Gasteiger partial charge in [-0.3, -0.25) is 9.59 Å². The fourth-order valence-electron chi connectivity index (χ4n) is 1.86. The molecule has 2 aliphatic rings. The first-order chi connectivity index (χ1) is 9.89. The van der Waals surface area contributed by atoms with Gasteiger partial charge in [0, 0.05) is 19.3 Å². The van der Waals surface area contributed by atoms with Crippen LogP contribution in [0.3, 0.4) is 0 Å². The fraction of sp³-hybridized carbons (Fsp3) is 0.750. The van der Waals surface area contributed by atoms with E-state index in [1.54, 1.807) is 0 Å². The summed E-state index contributed by atoms with van der Waals surface area (Å²) in [6.07, 6.45) is 1.50. The summed E-state index contributed by atoms with van der Waals surface area (Å²) in [6.45, 7) is 1.90. The summed E-state index contributed by atoms with van der Waals surface area (Å²) in [4.78, 5) is 38.7. The summed E-state index contributed by atoms with van der Waals surface area (Å²) in [5, 5.41) is 8.22. The highest BCUT2D eigenvalue weighted by Crippen LogP contribution is 2.32.